The highest BCUT2D eigenvalue weighted by Gasteiger charge is 2.19. The van der Waals surface area contributed by atoms with Crippen LogP contribution in [0.5, 0.6) is 0 Å². The van der Waals surface area contributed by atoms with Crippen molar-refractivity contribution in [3.05, 3.63) is 48.6 Å². The summed E-state index contributed by atoms with van der Waals surface area (Å²) < 4.78 is 0. The molecule has 0 aliphatic heterocycles. The molecule has 5 nitrogen and oxygen atoms in total. The number of carbonyl (C=O) groups excluding carboxylic acids is 1. The molecule has 4 N–H and O–H groups in total. The molecule has 0 saturated heterocycles. The van der Waals surface area contributed by atoms with Gasteiger partial charge in [-0.15, -0.1) is 0 Å². The van der Waals surface area contributed by atoms with Crippen molar-refractivity contribution in [3.63, 3.8) is 0 Å². The Balaban J connectivity index is 3.71. The molecule has 0 aliphatic carbocycles. The van der Waals surface area contributed by atoms with Crippen LogP contribution < -0.4 is 5.32 Å². The first-order valence-corrected chi connectivity index (χ1v) is 17.9. The number of allylic oxidation sites excluding steroid dienone is 8. The topological polar surface area (TPSA) is 89.8 Å². The summed E-state index contributed by atoms with van der Waals surface area (Å²) in [4.78, 5) is 12.3. The summed E-state index contributed by atoms with van der Waals surface area (Å²) in [7, 11) is 0. The van der Waals surface area contributed by atoms with Gasteiger partial charge in [0, 0.05) is 13.0 Å². The second kappa shape index (κ2) is 34.8. The second-order valence-electron chi connectivity index (χ2n) is 12.0. The first kappa shape index (κ1) is 41.3. The molecule has 0 rings (SSSR count). The molecule has 0 aromatic rings. The van der Waals surface area contributed by atoms with Crippen LogP contribution in [0.15, 0.2) is 48.6 Å². The smallest absolute Gasteiger partial charge is 0.220 e. The molecule has 5 heteroatoms. The van der Waals surface area contributed by atoms with E-state index < -0.39 is 12.1 Å². The van der Waals surface area contributed by atoms with Crippen molar-refractivity contribution in [2.45, 2.75) is 173 Å². The first-order chi connectivity index (χ1) is 21.2. The molecule has 0 saturated carbocycles. The van der Waals surface area contributed by atoms with E-state index in [1.165, 1.54) is 70.6 Å². The van der Waals surface area contributed by atoms with Gasteiger partial charge < -0.3 is 20.6 Å². The molecular formula is C38H69NO4. The molecule has 43 heavy (non-hydrogen) atoms. The van der Waals surface area contributed by atoms with Gasteiger partial charge in [-0.25, -0.2) is 0 Å². The van der Waals surface area contributed by atoms with Crippen LogP contribution in [0, 0.1) is 0 Å². The fraction of sp³-hybridized carbons (Fsp3) is 0.763. The molecule has 0 aliphatic rings. The van der Waals surface area contributed by atoms with E-state index in [9.17, 15) is 15.0 Å². The Morgan fingerprint density at radius 1 is 0.581 bits per heavy atom. The number of aliphatic hydroxyl groups is 3. The highest BCUT2D eigenvalue weighted by atomic mass is 16.3. The summed E-state index contributed by atoms with van der Waals surface area (Å²) in [5, 5.41) is 31.7. The van der Waals surface area contributed by atoms with Crippen LogP contribution in [0.4, 0.5) is 0 Å². The molecule has 2 atom stereocenters. The zero-order chi connectivity index (χ0) is 31.5. The lowest BCUT2D eigenvalue weighted by Crippen LogP contribution is -2.45. The van der Waals surface area contributed by atoms with Gasteiger partial charge in [0.25, 0.3) is 0 Å². The van der Waals surface area contributed by atoms with Crippen molar-refractivity contribution < 1.29 is 20.1 Å². The Bertz CT molecular complexity index is 700. The van der Waals surface area contributed by atoms with Crippen LogP contribution in [-0.4, -0.2) is 46.6 Å². The number of aliphatic hydroxyl groups excluding tert-OH is 3. The summed E-state index contributed by atoms with van der Waals surface area (Å²) in [6.45, 7) is 2.34. The van der Waals surface area contributed by atoms with Crippen LogP contribution >= 0.6 is 0 Å². The number of carbonyl (C=O) groups is 1. The Labute approximate surface area is 266 Å². The van der Waals surface area contributed by atoms with E-state index >= 15 is 0 Å². The molecule has 0 spiro atoms. The van der Waals surface area contributed by atoms with Crippen LogP contribution in [0.1, 0.15) is 161 Å². The normalized spacial score (nSPS) is 13.7. The predicted octanol–water partition coefficient (Wildman–Crippen LogP) is 9.42. The maximum Gasteiger partial charge on any atom is 0.220 e. The van der Waals surface area contributed by atoms with Gasteiger partial charge in [0.2, 0.25) is 5.91 Å². The van der Waals surface area contributed by atoms with Gasteiger partial charge in [-0.3, -0.25) is 4.79 Å². The number of hydrogen-bond donors (Lipinski definition) is 4. The molecule has 0 unspecified atom stereocenters. The van der Waals surface area contributed by atoms with E-state index in [1.54, 1.807) is 0 Å². The number of hydrogen-bond acceptors (Lipinski definition) is 4. The third-order valence-corrected chi connectivity index (χ3v) is 7.90. The molecule has 0 radical (unpaired) electrons. The third kappa shape index (κ3) is 31.5. The standard InChI is InChI=1S/C38H69NO4/c1-2-3-4-5-6-7-8-14-17-20-23-26-29-32-37(42)36(35-41)39-38(43)33-30-27-24-21-18-15-12-10-9-11-13-16-19-22-25-28-31-34-40/h9,11-12,15-16,19,21,24,36-37,40-42H,2-8,10,13-14,17-18,20,22-23,25-35H2,1H3,(H,39,43)/b11-9-,15-12-,19-16-,24-21-/t36-,37+/m0/s1. The lowest BCUT2D eigenvalue weighted by Gasteiger charge is -2.22. The van der Waals surface area contributed by atoms with Gasteiger partial charge >= 0.3 is 0 Å². The van der Waals surface area contributed by atoms with Gasteiger partial charge in [0.05, 0.1) is 18.8 Å². The maximum atomic E-state index is 12.3. The Morgan fingerprint density at radius 2 is 1.02 bits per heavy atom. The summed E-state index contributed by atoms with van der Waals surface area (Å²) in [5.74, 6) is -0.0971. The summed E-state index contributed by atoms with van der Waals surface area (Å²) in [6.07, 6.45) is 43.2. The van der Waals surface area contributed by atoms with Gasteiger partial charge in [-0.2, -0.15) is 0 Å². The van der Waals surface area contributed by atoms with Crippen molar-refractivity contribution in [1.29, 1.82) is 0 Å². The largest absolute Gasteiger partial charge is 0.396 e. The highest BCUT2D eigenvalue weighted by Crippen LogP contribution is 2.14. The van der Waals surface area contributed by atoms with Crippen LogP contribution in [-0.2, 0) is 4.79 Å². The minimum absolute atomic E-state index is 0.0971. The van der Waals surface area contributed by atoms with Crippen molar-refractivity contribution in [2.75, 3.05) is 13.2 Å². The highest BCUT2D eigenvalue weighted by molar-refractivity contribution is 5.76. The number of unbranched alkanes of at least 4 members (excludes halogenated alkanes) is 16. The fourth-order valence-corrected chi connectivity index (χ4v) is 5.09. The molecule has 0 heterocycles. The number of rotatable bonds is 32. The zero-order valence-electron chi connectivity index (χ0n) is 27.9. The maximum absolute atomic E-state index is 12.3. The van der Waals surface area contributed by atoms with Gasteiger partial charge in [-0.05, 0) is 57.8 Å². The Morgan fingerprint density at radius 3 is 1.51 bits per heavy atom. The zero-order valence-corrected chi connectivity index (χ0v) is 27.9. The average Bonchev–Trinajstić information content (AvgIpc) is 3.01. The van der Waals surface area contributed by atoms with E-state index in [-0.39, 0.29) is 12.5 Å². The van der Waals surface area contributed by atoms with E-state index in [0.29, 0.717) is 19.4 Å². The van der Waals surface area contributed by atoms with E-state index in [1.807, 2.05) is 0 Å². The van der Waals surface area contributed by atoms with Crippen molar-refractivity contribution in [1.82, 2.24) is 5.32 Å². The molecule has 0 fully saturated rings. The molecule has 0 aromatic carbocycles. The number of nitrogens with one attached hydrogen (secondary N) is 1. The molecule has 0 bridgehead atoms. The SMILES string of the molecule is CCCCCCCCCCCCCCC[C@@H](O)[C@H](CO)NC(=O)CCC/C=C\C/C=C\C/C=C\C/C=C\CCCCCO. The quantitative estimate of drug-likeness (QED) is 0.0455. The van der Waals surface area contributed by atoms with Crippen molar-refractivity contribution in [2.24, 2.45) is 0 Å². The number of amides is 1. The van der Waals surface area contributed by atoms with E-state index in [2.05, 4.69) is 60.8 Å². The van der Waals surface area contributed by atoms with E-state index in [0.717, 1.165) is 70.6 Å². The summed E-state index contributed by atoms with van der Waals surface area (Å²) >= 11 is 0. The van der Waals surface area contributed by atoms with Gasteiger partial charge in [0.1, 0.15) is 0 Å². The van der Waals surface area contributed by atoms with E-state index in [4.69, 9.17) is 5.11 Å². The summed E-state index contributed by atoms with van der Waals surface area (Å²) in [6, 6.07) is -0.571. The average molecular weight is 604 g/mol. The van der Waals surface area contributed by atoms with Crippen LogP contribution in [0.2, 0.25) is 0 Å². The summed E-state index contributed by atoms with van der Waals surface area (Å²) in [5.41, 5.74) is 0. The third-order valence-electron chi connectivity index (χ3n) is 7.90. The van der Waals surface area contributed by atoms with Gasteiger partial charge in [-0.1, -0.05) is 145 Å². The lowest BCUT2D eigenvalue weighted by molar-refractivity contribution is -0.123. The molecule has 0 aromatic heterocycles. The fourth-order valence-electron chi connectivity index (χ4n) is 5.09. The Hall–Kier alpha value is -1.69. The van der Waals surface area contributed by atoms with Crippen LogP contribution in [0.25, 0.3) is 0 Å². The molecular weight excluding hydrogens is 534 g/mol. The van der Waals surface area contributed by atoms with Gasteiger partial charge in [0.15, 0.2) is 0 Å². The molecule has 1 amide bonds. The van der Waals surface area contributed by atoms with Crippen molar-refractivity contribution in [3.8, 4) is 0 Å². The molecule has 250 valence electrons. The predicted molar refractivity (Wildman–Crippen MR) is 185 cm³/mol. The van der Waals surface area contributed by atoms with Crippen molar-refractivity contribution >= 4 is 5.91 Å². The van der Waals surface area contributed by atoms with Crippen LogP contribution in [0.3, 0.4) is 0 Å². The monoisotopic (exact) mass is 604 g/mol. The minimum Gasteiger partial charge on any atom is -0.396 e. The second-order valence-corrected chi connectivity index (χ2v) is 12.0. The Kier molecular flexibility index (Phi) is 33.4. The first-order valence-electron chi connectivity index (χ1n) is 17.9. The lowest BCUT2D eigenvalue weighted by atomic mass is 10.0. The minimum atomic E-state index is -0.688.